The normalized spacial score (nSPS) is 10.6. The van der Waals surface area contributed by atoms with E-state index >= 15 is 0 Å². The maximum Gasteiger partial charge on any atom is 0.306 e. The third-order valence-corrected chi connectivity index (χ3v) is 3.89. The molecule has 0 fully saturated rings. The fourth-order valence-corrected chi connectivity index (χ4v) is 2.50. The van der Waals surface area contributed by atoms with Gasteiger partial charge in [-0.15, -0.1) is 0 Å². The number of nitrogens with zero attached hydrogens (tertiary/aromatic N) is 1. The minimum Gasteiger partial charge on any atom is -0.497 e. The lowest BCUT2D eigenvalue weighted by Gasteiger charge is -2.07. The average molecular weight is 368 g/mol. The Hall–Kier alpha value is -3.35. The van der Waals surface area contributed by atoms with Crippen molar-refractivity contribution in [3.05, 3.63) is 64.7 Å². The number of para-hydroxylation sites is 1. The van der Waals surface area contributed by atoms with Crippen LogP contribution in [0.5, 0.6) is 11.5 Å². The summed E-state index contributed by atoms with van der Waals surface area (Å²) < 4.78 is 15.8. The van der Waals surface area contributed by atoms with Gasteiger partial charge >= 0.3 is 5.97 Å². The molecule has 0 spiro atoms. The summed E-state index contributed by atoms with van der Waals surface area (Å²) in [5.74, 6) is 1.42. The molecule has 3 rings (SSSR count). The molecule has 0 unspecified atom stereocenters. The van der Waals surface area contributed by atoms with Gasteiger partial charge in [-0.2, -0.15) is 0 Å². The third kappa shape index (κ3) is 5.07. The number of hydrogen-bond acceptors (Lipinski definition) is 6. The van der Waals surface area contributed by atoms with Gasteiger partial charge in [0.15, 0.2) is 0 Å². The summed E-state index contributed by atoms with van der Waals surface area (Å²) in [6.45, 7) is 0.324. The van der Waals surface area contributed by atoms with E-state index in [1.807, 2.05) is 0 Å². The molecule has 27 heavy (non-hydrogen) atoms. The van der Waals surface area contributed by atoms with Gasteiger partial charge in [0.05, 0.1) is 24.6 Å². The number of ether oxygens (including phenoxy) is 3. The van der Waals surface area contributed by atoms with Crippen LogP contribution in [0.1, 0.15) is 18.7 Å². The third-order valence-electron chi connectivity index (χ3n) is 3.89. The first-order valence-electron chi connectivity index (χ1n) is 8.56. The quantitative estimate of drug-likeness (QED) is 0.486. The van der Waals surface area contributed by atoms with Crippen LogP contribution in [0.15, 0.2) is 53.3 Å². The first kappa shape index (κ1) is 18.4. The predicted molar refractivity (Wildman–Crippen MR) is 99.9 cm³/mol. The molecule has 0 aliphatic carbocycles. The lowest BCUT2D eigenvalue weighted by Crippen LogP contribution is -2.14. The Bertz CT molecular complexity index is 966. The number of aromatic nitrogens is 2. The van der Waals surface area contributed by atoms with Crippen molar-refractivity contribution in [2.24, 2.45) is 0 Å². The van der Waals surface area contributed by atoms with Gasteiger partial charge in [0.2, 0.25) is 0 Å². The molecule has 3 aromatic rings. The van der Waals surface area contributed by atoms with Crippen molar-refractivity contribution in [1.82, 2.24) is 9.97 Å². The van der Waals surface area contributed by atoms with E-state index in [9.17, 15) is 9.59 Å². The Morgan fingerprint density at radius 3 is 2.59 bits per heavy atom. The molecule has 140 valence electrons. The van der Waals surface area contributed by atoms with Crippen molar-refractivity contribution in [2.75, 3.05) is 13.7 Å². The molecule has 7 nitrogen and oxygen atoms in total. The fraction of sp³-hybridized carbons (Fsp3) is 0.250. The van der Waals surface area contributed by atoms with Gasteiger partial charge in [-0.3, -0.25) is 9.59 Å². The van der Waals surface area contributed by atoms with E-state index in [0.29, 0.717) is 35.5 Å². The van der Waals surface area contributed by atoms with Gasteiger partial charge in [0.1, 0.15) is 23.9 Å². The van der Waals surface area contributed by atoms with E-state index in [2.05, 4.69) is 9.97 Å². The number of H-pyrrole nitrogens is 1. The lowest BCUT2D eigenvalue weighted by atomic mass is 10.2. The Morgan fingerprint density at radius 2 is 1.81 bits per heavy atom. The van der Waals surface area contributed by atoms with Crippen molar-refractivity contribution in [2.45, 2.75) is 19.4 Å². The summed E-state index contributed by atoms with van der Waals surface area (Å²) in [4.78, 5) is 30.7. The van der Waals surface area contributed by atoms with E-state index in [0.717, 1.165) is 5.75 Å². The Morgan fingerprint density at radius 1 is 1.07 bits per heavy atom. The summed E-state index contributed by atoms with van der Waals surface area (Å²) in [6, 6.07) is 14.2. The Kier molecular flexibility index (Phi) is 6.04. The first-order chi connectivity index (χ1) is 13.2. The monoisotopic (exact) mass is 368 g/mol. The van der Waals surface area contributed by atoms with Gasteiger partial charge in [-0.25, -0.2) is 4.98 Å². The lowest BCUT2D eigenvalue weighted by molar-refractivity contribution is -0.145. The van der Waals surface area contributed by atoms with E-state index in [4.69, 9.17) is 14.2 Å². The van der Waals surface area contributed by atoms with E-state index in [1.165, 1.54) is 0 Å². The molecule has 0 radical (unpaired) electrons. The SMILES string of the molecule is COc1ccc(OCCCC(=O)OCc2nc3ccccc3c(=O)[nH]2)cc1. The van der Waals surface area contributed by atoms with E-state index in [-0.39, 0.29) is 24.6 Å². The molecule has 2 aromatic carbocycles. The molecule has 0 atom stereocenters. The molecular weight excluding hydrogens is 348 g/mol. The number of methoxy groups -OCH3 is 1. The molecule has 0 saturated carbocycles. The largest absolute Gasteiger partial charge is 0.497 e. The number of hydrogen-bond donors (Lipinski definition) is 1. The maximum atomic E-state index is 12.0. The zero-order valence-corrected chi connectivity index (χ0v) is 14.9. The smallest absolute Gasteiger partial charge is 0.306 e. The summed E-state index contributed by atoms with van der Waals surface area (Å²) in [7, 11) is 1.60. The molecule has 0 aliphatic rings. The van der Waals surface area contributed by atoms with Crippen LogP contribution in [0, 0.1) is 0 Å². The zero-order chi connectivity index (χ0) is 19.1. The highest BCUT2D eigenvalue weighted by atomic mass is 16.5. The average Bonchev–Trinajstić information content (AvgIpc) is 2.70. The van der Waals surface area contributed by atoms with Gasteiger partial charge in [-0.05, 0) is 42.8 Å². The van der Waals surface area contributed by atoms with Crippen LogP contribution in [0.25, 0.3) is 10.9 Å². The molecule has 1 N–H and O–H groups in total. The second kappa shape index (κ2) is 8.84. The summed E-state index contributed by atoms with van der Waals surface area (Å²) in [5.41, 5.74) is 0.319. The number of fused-ring (bicyclic) bond motifs is 1. The van der Waals surface area contributed by atoms with E-state index in [1.54, 1.807) is 55.6 Å². The van der Waals surface area contributed by atoms with Crippen LogP contribution in [0.2, 0.25) is 0 Å². The Labute approximate surface area is 155 Å². The number of aromatic amines is 1. The van der Waals surface area contributed by atoms with Crippen molar-refractivity contribution in [1.29, 1.82) is 0 Å². The van der Waals surface area contributed by atoms with Crippen molar-refractivity contribution < 1.29 is 19.0 Å². The number of carbonyl (C=O) groups excluding carboxylic acids is 1. The maximum absolute atomic E-state index is 12.0. The van der Waals surface area contributed by atoms with Gasteiger partial charge in [-0.1, -0.05) is 12.1 Å². The highest BCUT2D eigenvalue weighted by Gasteiger charge is 2.07. The molecule has 1 aromatic heterocycles. The highest BCUT2D eigenvalue weighted by molar-refractivity contribution is 5.77. The van der Waals surface area contributed by atoms with E-state index < -0.39 is 0 Å². The van der Waals surface area contributed by atoms with Crippen LogP contribution in [0.3, 0.4) is 0 Å². The molecule has 7 heteroatoms. The molecule has 1 heterocycles. The van der Waals surface area contributed by atoms with Gasteiger partial charge in [0.25, 0.3) is 5.56 Å². The molecule has 0 bridgehead atoms. The summed E-state index contributed by atoms with van der Waals surface area (Å²) in [5, 5.41) is 0.503. The standard InChI is InChI=1S/C20H20N2O5/c1-25-14-8-10-15(11-9-14)26-12-4-7-19(23)27-13-18-21-17-6-3-2-5-16(17)20(24)22-18/h2-3,5-6,8-11H,4,7,12-13H2,1H3,(H,21,22,24). The summed E-state index contributed by atoms with van der Waals surface area (Å²) >= 11 is 0. The van der Waals surface area contributed by atoms with Gasteiger partial charge < -0.3 is 19.2 Å². The number of nitrogens with one attached hydrogen (secondary N) is 1. The second-order valence-electron chi connectivity index (χ2n) is 5.82. The van der Waals surface area contributed by atoms with Crippen LogP contribution < -0.4 is 15.0 Å². The first-order valence-corrected chi connectivity index (χ1v) is 8.56. The zero-order valence-electron chi connectivity index (χ0n) is 14.9. The minimum absolute atomic E-state index is 0.0712. The summed E-state index contributed by atoms with van der Waals surface area (Å²) in [6.07, 6.45) is 0.737. The van der Waals surface area contributed by atoms with Crippen LogP contribution in [-0.4, -0.2) is 29.7 Å². The van der Waals surface area contributed by atoms with Gasteiger partial charge in [0, 0.05) is 6.42 Å². The van der Waals surface area contributed by atoms with Crippen LogP contribution in [-0.2, 0) is 16.1 Å². The fourth-order valence-electron chi connectivity index (χ4n) is 2.50. The highest BCUT2D eigenvalue weighted by Crippen LogP contribution is 2.17. The van der Waals surface area contributed by atoms with Crippen LogP contribution in [0.4, 0.5) is 0 Å². The number of rotatable bonds is 8. The minimum atomic E-state index is -0.371. The predicted octanol–water partition coefficient (Wildman–Crippen LogP) is 2.83. The van der Waals surface area contributed by atoms with Crippen LogP contribution >= 0.6 is 0 Å². The molecule has 0 aliphatic heterocycles. The molecule has 0 amide bonds. The number of esters is 1. The van der Waals surface area contributed by atoms with Crippen molar-refractivity contribution in [3.8, 4) is 11.5 Å². The Balaban J connectivity index is 1.42. The number of benzene rings is 2. The molecular formula is C20H20N2O5. The number of carbonyl (C=O) groups is 1. The topological polar surface area (TPSA) is 90.5 Å². The van der Waals surface area contributed by atoms with Crippen molar-refractivity contribution in [3.63, 3.8) is 0 Å². The molecule has 0 saturated heterocycles. The second-order valence-corrected chi connectivity index (χ2v) is 5.82. The van der Waals surface area contributed by atoms with Crippen molar-refractivity contribution >= 4 is 16.9 Å².